The lowest BCUT2D eigenvalue weighted by Crippen LogP contribution is -2.26. The number of terminal acetylenes is 1. The van der Waals surface area contributed by atoms with Gasteiger partial charge >= 0.3 is 0 Å². The summed E-state index contributed by atoms with van der Waals surface area (Å²) in [6.45, 7) is 0. The van der Waals surface area contributed by atoms with Crippen LogP contribution in [0.25, 0.3) is 0 Å². The van der Waals surface area contributed by atoms with E-state index >= 15 is 0 Å². The van der Waals surface area contributed by atoms with Gasteiger partial charge in [-0.05, 0) is 0 Å². The van der Waals surface area contributed by atoms with Gasteiger partial charge in [-0.2, -0.15) is 0 Å². The Labute approximate surface area is 75.3 Å². The van der Waals surface area contributed by atoms with Crippen molar-refractivity contribution in [3.05, 3.63) is 0 Å². The van der Waals surface area contributed by atoms with Gasteiger partial charge in [0.1, 0.15) is 25.1 Å². The fourth-order valence-electron chi connectivity index (χ4n) is 0.882. The lowest BCUT2D eigenvalue weighted by molar-refractivity contribution is -0.124. The van der Waals surface area contributed by atoms with Gasteiger partial charge in [-0.25, -0.2) is 0 Å². The molecule has 68 valence electrons. The molecule has 0 aliphatic heterocycles. The molecule has 0 bridgehead atoms. The molecule has 0 unspecified atom stereocenters. The molecule has 0 aromatic carbocycles. The van der Waals surface area contributed by atoms with E-state index in [1.54, 1.807) is 0 Å². The first-order valence-corrected chi connectivity index (χ1v) is 3.52. The molecular formula is C9H8O4. The number of hydrogen-bond donors (Lipinski definition) is 0. The summed E-state index contributed by atoms with van der Waals surface area (Å²) in [6.07, 6.45) is 6.31. The van der Waals surface area contributed by atoms with Crippen LogP contribution in [0.5, 0.6) is 0 Å². The van der Waals surface area contributed by atoms with Gasteiger partial charge in [0.15, 0.2) is 0 Å². The summed E-state index contributed by atoms with van der Waals surface area (Å²) in [4.78, 5) is 41.3. The van der Waals surface area contributed by atoms with E-state index in [4.69, 9.17) is 6.42 Å². The summed E-state index contributed by atoms with van der Waals surface area (Å²) in [5.74, 6) is -1.07. The molecule has 0 aromatic rings. The molecule has 0 saturated carbocycles. The van der Waals surface area contributed by atoms with E-state index in [0.717, 1.165) is 0 Å². The molecule has 13 heavy (non-hydrogen) atoms. The Hall–Kier alpha value is -1.76. The number of rotatable bonds is 6. The molecule has 0 atom stereocenters. The highest BCUT2D eigenvalue weighted by Gasteiger charge is 2.26. The second-order valence-electron chi connectivity index (χ2n) is 2.39. The largest absolute Gasteiger partial charge is 0.303 e. The molecule has 0 radical (unpaired) electrons. The lowest BCUT2D eigenvalue weighted by atomic mass is 9.85. The molecule has 0 fully saturated rings. The van der Waals surface area contributed by atoms with E-state index in [9.17, 15) is 19.2 Å². The quantitative estimate of drug-likeness (QED) is 0.307. The first-order valence-electron chi connectivity index (χ1n) is 3.52. The smallest absolute Gasteiger partial charge is 0.131 e. The van der Waals surface area contributed by atoms with Crippen molar-refractivity contribution in [1.29, 1.82) is 0 Å². The zero-order valence-electron chi connectivity index (χ0n) is 6.75. The predicted octanol–water partition coefficient (Wildman–Crippen LogP) is -0.736. The van der Waals surface area contributed by atoms with Crippen LogP contribution < -0.4 is 0 Å². The van der Waals surface area contributed by atoms with Gasteiger partial charge in [0.05, 0.1) is 17.8 Å². The third kappa shape index (κ3) is 2.64. The summed E-state index contributed by atoms with van der Waals surface area (Å²) >= 11 is 0. The molecule has 0 aromatic heterocycles. The first-order chi connectivity index (χ1) is 6.24. The average Bonchev–Trinajstić information content (AvgIpc) is 2.18. The van der Waals surface area contributed by atoms with Gasteiger partial charge in [-0.3, -0.25) is 0 Å². The molecular weight excluding hydrogens is 172 g/mol. The van der Waals surface area contributed by atoms with Gasteiger partial charge in [-0.1, -0.05) is 0 Å². The van der Waals surface area contributed by atoms with Crippen molar-refractivity contribution in [3.8, 4) is 12.3 Å². The molecule has 0 amide bonds. The van der Waals surface area contributed by atoms with Crippen molar-refractivity contribution in [3.63, 3.8) is 0 Å². The van der Waals surface area contributed by atoms with Crippen molar-refractivity contribution in [2.45, 2.75) is 0 Å². The Bertz CT molecular complexity index is 215. The van der Waals surface area contributed by atoms with Gasteiger partial charge in [-0.15, -0.1) is 12.3 Å². The Morgan fingerprint density at radius 1 is 0.846 bits per heavy atom. The number of carbonyl (C=O) groups excluding carboxylic acids is 4. The van der Waals surface area contributed by atoms with Crippen LogP contribution in [0.15, 0.2) is 0 Å². The maximum atomic E-state index is 10.3. The Morgan fingerprint density at radius 2 is 1.15 bits per heavy atom. The third-order valence-electron chi connectivity index (χ3n) is 1.65. The summed E-state index contributed by atoms with van der Waals surface area (Å²) in [7, 11) is 0. The highest BCUT2D eigenvalue weighted by molar-refractivity contribution is 5.84. The highest BCUT2D eigenvalue weighted by atomic mass is 16.1. The molecule has 0 N–H and O–H groups in total. The molecule has 0 saturated heterocycles. The van der Waals surface area contributed by atoms with E-state index in [1.807, 2.05) is 0 Å². The fourth-order valence-corrected chi connectivity index (χ4v) is 0.882. The Balaban J connectivity index is 4.75. The Kier molecular flexibility index (Phi) is 5.05. The number of carbonyl (C=O) groups is 4. The van der Waals surface area contributed by atoms with Crippen LogP contribution in [0.2, 0.25) is 0 Å². The molecule has 0 aliphatic carbocycles. The second kappa shape index (κ2) is 5.84. The van der Waals surface area contributed by atoms with Crippen LogP contribution in [0, 0.1) is 30.1 Å². The van der Waals surface area contributed by atoms with Crippen molar-refractivity contribution in [2.24, 2.45) is 17.8 Å². The van der Waals surface area contributed by atoms with Crippen LogP contribution in [0.4, 0.5) is 0 Å². The first kappa shape index (κ1) is 11.2. The van der Waals surface area contributed by atoms with Gasteiger partial charge < -0.3 is 19.2 Å². The highest BCUT2D eigenvalue weighted by Crippen LogP contribution is 2.14. The second-order valence-corrected chi connectivity index (χ2v) is 2.39. The number of aldehydes is 4. The topological polar surface area (TPSA) is 68.3 Å². The normalized spacial score (nSPS) is 9.69. The summed E-state index contributed by atoms with van der Waals surface area (Å²) in [5.41, 5.74) is 0. The molecule has 4 heteroatoms. The SMILES string of the molecule is C#CC(C(C=O)C=O)C(C=O)C=O. The van der Waals surface area contributed by atoms with E-state index in [0.29, 0.717) is 25.1 Å². The van der Waals surface area contributed by atoms with Crippen LogP contribution >= 0.6 is 0 Å². The van der Waals surface area contributed by atoms with Gasteiger partial charge in [0, 0.05) is 0 Å². The van der Waals surface area contributed by atoms with Gasteiger partial charge in [0.25, 0.3) is 0 Å². The standard InChI is InChI=1S/C9H8O4/c1-2-9(7(3-10)4-11)8(5-12)6-13/h1,3-9H. The zero-order chi connectivity index (χ0) is 10.3. The Morgan fingerprint density at radius 3 is 1.31 bits per heavy atom. The summed E-state index contributed by atoms with van der Waals surface area (Å²) in [6, 6.07) is 0. The van der Waals surface area contributed by atoms with Crippen molar-refractivity contribution < 1.29 is 19.2 Å². The van der Waals surface area contributed by atoms with Crippen LogP contribution in [-0.4, -0.2) is 25.1 Å². The van der Waals surface area contributed by atoms with E-state index in [-0.39, 0.29) is 0 Å². The monoisotopic (exact) mass is 180 g/mol. The van der Waals surface area contributed by atoms with Crippen molar-refractivity contribution in [2.75, 3.05) is 0 Å². The molecule has 0 spiro atoms. The van der Waals surface area contributed by atoms with E-state index in [2.05, 4.69) is 5.92 Å². The van der Waals surface area contributed by atoms with E-state index < -0.39 is 17.8 Å². The minimum absolute atomic E-state index is 0.331. The van der Waals surface area contributed by atoms with E-state index in [1.165, 1.54) is 0 Å². The maximum absolute atomic E-state index is 10.3. The van der Waals surface area contributed by atoms with Gasteiger partial charge in [0.2, 0.25) is 0 Å². The maximum Gasteiger partial charge on any atom is 0.131 e. The number of hydrogen-bond acceptors (Lipinski definition) is 4. The molecule has 4 nitrogen and oxygen atoms in total. The third-order valence-corrected chi connectivity index (χ3v) is 1.65. The average molecular weight is 180 g/mol. The molecule has 0 heterocycles. The minimum Gasteiger partial charge on any atom is -0.303 e. The van der Waals surface area contributed by atoms with Crippen LogP contribution in [0.3, 0.4) is 0 Å². The lowest BCUT2D eigenvalue weighted by Gasteiger charge is -2.13. The predicted molar refractivity (Wildman–Crippen MR) is 43.6 cm³/mol. The molecule has 0 rings (SSSR count). The zero-order valence-corrected chi connectivity index (χ0v) is 6.75. The fraction of sp³-hybridized carbons (Fsp3) is 0.333. The van der Waals surface area contributed by atoms with Crippen molar-refractivity contribution in [1.82, 2.24) is 0 Å². The van der Waals surface area contributed by atoms with Crippen LogP contribution in [0.1, 0.15) is 0 Å². The summed E-state index contributed by atoms with van der Waals surface area (Å²) < 4.78 is 0. The minimum atomic E-state index is -1.09. The molecule has 0 aliphatic rings. The summed E-state index contributed by atoms with van der Waals surface area (Å²) in [5, 5.41) is 0. The van der Waals surface area contributed by atoms with Crippen LogP contribution in [-0.2, 0) is 19.2 Å². The van der Waals surface area contributed by atoms with Crippen molar-refractivity contribution >= 4 is 25.1 Å².